The van der Waals surface area contributed by atoms with Gasteiger partial charge in [0, 0.05) is 17.8 Å². The first-order valence-corrected chi connectivity index (χ1v) is 5.93. The van der Waals surface area contributed by atoms with Crippen LogP contribution >= 0.6 is 0 Å². The first-order valence-electron chi connectivity index (χ1n) is 5.93. The molecule has 19 heavy (non-hydrogen) atoms. The van der Waals surface area contributed by atoms with Gasteiger partial charge in [-0.3, -0.25) is 4.79 Å². The lowest BCUT2D eigenvalue weighted by molar-refractivity contribution is 0.112. The summed E-state index contributed by atoms with van der Waals surface area (Å²) in [5.41, 5.74) is 1.16. The lowest BCUT2D eigenvalue weighted by atomic mass is 10.1. The Labute approximate surface area is 110 Å². The predicted octanol–water partition coefficient (Wildman–Crippen LogP) is 3.94. The molecule has 0 atom stereocenters. The maximum Gasteiger partial charge on any atom is 0.150 e. The van der Waals surface area contributed by atoms with Gasteiger partial charge in [0.1, 0.15) is 17.9 Å². The molecule has 2 aromatic carbocycles. The molecule has 2 aromatic rings. The van der Waals surface area contributed by atoms with Crippen LogP contribution in [0.25, 0.3) is 0 Å². The summed E-state index contributed by atoms with van der Waals surface area (Å²) in [6, 6.07) is 10.2. The normalized spacial score (nSPS) is 10.3. The zero-order valence-corrected chi connectivity index (χ0v) is 10.4. The van der Waals surface area contributed by atoms with Crippen LogP contribution in [0.5, 0.6) is 0 Å². The second-order valence-corrected chi connectivity index (χ2v) is 4.05. The Kier molecular flexibility index (Phi) is 3.90. The molecule has 0 aliphatic heterocycles. The van der Waals surface area contributed by atoms with Gasteiger partial charge in [0.25, 0.3) is 0 Å². The zero-order valence-electron chi connectivity index (χ0n) is 10.4. The second kappa shape index (κ2) is 5.61. The molecular formula is C15H13F2NO. The number of carbonyl (C=O) groups excluding carboxylic acids is 1. The number of carbonyl (C=O) groups is 1. The molecule has 4 heteroatoms. The summed E-state index contributed by atoms with van der Waals surface area (Å²) in [7, 11) is 0. The summed E-state index contributed by atoms with van der Waals surface area (Å²) in [5, 5.41) is 0. The molecule has 98 valence electrons. The zero-order chi connectivity index (χ0) is 13.8. The van der Waals surface area contributed by atoms with E-state index in [4.69, 9.17) is 0 Å². The lowest BCUT2D eigenvalue weighted by Gasteiger charge is -2.24. The van der Waals surface area contributed by atoms with Gasteiger partial charge in [-0.15, -0.1) is 0 Å². The van der Waals surface area contributed by atoms with E-state index in [1.807, 2.05) is 6.92 Å². The quantitative estimate of drug-likeness (QED) is 0.777. The molecule has 0 aromatic heterocycles. The summed E-state index contributed by atoms with van der Waals surface area (Å²) in [6.07, 6.45) is 0.589. The third-order valence-electron chi connectivity index (χ3n) is 2.83. The Balaban J connectivity index is 2.45. The molecule has 0 aliphatic carbocycles. The Morgan fingerprint density at radius 3 is 2.53 bits per heavy atom. The topological polar surface area (TPSA) is 20.3 Å². The highest BCUT2D eigenvalue weighted by Gasteiger charge is 2.13. The van der Waals surface area contributed by atoms with Crippen molar-refractivity contribution in [1.82, 2.24) is 0 Å². The van der Waals surface area contributed by atoms with Crippen molar-refractivity contribution >= 4 is 17.7 Å². The number of hydrogen-bond donors (Lipinski definition) is 0. The first kappa shape index (κ1) is 13.2. The summed E-state index contributed by atoms with van der Waals surface area (Å²) in [5.74, 6) is -0.878. The van der Waals surface area contributed by atoms with Crippen LogP contribution in [0.15, 0.2) is 42.5 Å². The minimum Gasteiger partial charge on any atom is -0.339 e. The molecular weight excluding hydrogens is 248 g/mol. The van der Waals surface area contributed by atoms with Crippen LogP contribution in [-0.4, -0.2) is 12.8 Å². The van der Waals surface area contributed by atoms with Crippen molar-refractivity contribution < 1.29 is 13.6 Å². The molecule has 2 nitrogen and oxygen atoms in total. The number of rotatable bonds is 4. The van der Waals surface area contributed by atoms with Crippen molar-refractivity contribution in [3.8, 4) is 0 Å². The van der Waals surface area contributed by atoms with Crippen molar-refractivity contribution in [3.63, 3.8) is 0 Å². The van der Waals surface area contributed by atoms with Gasteiger partial charge in [0.2, 0.25) is 0 Å². The number of aldehydes is 1. The molecule has 0 fully saturated rings. The van der Waals surface area contributed by atoms with Crippen LogP contribution in [-0.2, 0) is 0 Å². The average molecular weight is 261 g/mol. The van der Waals surface area contributed by atoms with Crippen molar-refractivity contribution in [1.29, 1.82) is 0 Å². The Morgan fingerprint density at radius 2 is 1.95 bits per heavy atom. The molecule has 0 N–H and O–H groups in total. The van der Waals surface area contributed by atoms with E-state index in [1.54, 1.807) is 17.0 Å². The third-order valence-corrected chi connectivity index (χ3v) is 2.83. The third kappa shape index (κ3) is 2.78. The van der Waals surface area contributed by atoms with Crippen molar-refractivity contribution in [2.75, 3.05) is 11.4 Å². The maximum atomic E-state index is 14.0. The van der Waals surface area contributed by atoms with Crippen molar-refractivity contribution in [2.45, 2.75) is 6.92 Å². The van der Waals surface area contributed by atoms with Gasteiger partial charge in [-0.05, 0) is 43.3 Å². The van der Waals surface area contributed by atoms with E-state index >= 15 is 0 Å². The minimum absolute atomic E-state index is 0.275. The van der Waals surface area contributed by atoms with Gasteiger partial charge in [-0.1, -0.05) is 6.07 Å². The first-order chi connectivity index (χ1) is 9.15. The fourth-order valence-electron chi connectivity index (χ4n) is 1.95. The largest absolute Gasteiger partial charge is 0.339 e. The lowest BCUT2D eigenvalue weighted by Crippen LogP contribution is -2.17. The van der Waals surface area contributed by atoms with E-state index in [-0.39, 0.29) is 11.4 Å². The maximum absolute atomic E-state index is 14.0. The van der Waals surface area contributed by atoms with E-state index in [0.717, 1.165) is 0 Å². The molecule has 0 bridgehead atoms. The molecule has 0 heterocycles. The highest BCUT2D eigenvalue weighted by atomic mass is 19.1. The van der Waals surface area contributed by atoms with Crippen LogP contribution in [0, 0.1) is 11.6 Å². The molecule has 0 radical (unpaired) electrons. The smallest absolute Gasteiger partial charge is 0.150 e. The average Bonchev–Trinajstić information content (AvgIpc) is 2.41. The molecule has 2 rings (SSSR count). The number of benzene rings is 2. The minimum atomic E-state index is -0.504. The number of halogens is 2. The standard InChI is InChI=1S/C15H13F2NO/c1-2-18(13-5-3-4-12(16)9-13)15-7-6-11(10-19)8-14(15)17/h3-10H,2H2,1H3. The monoisotopic (exact) mass is 261 g/mol. The van der Waals surface area contributed by atoms with Crippen molar-refractivity contribution in [2.24, 2.45) is 0 Å². The second-order valence-electron chi connectivity index (χ2n) is 4.05. The van der Waals surface area contributed by atoms with Gasteiger partial charge < -0.3 is 4.90 Å². The molecule has 0 saturated heterocycles. The predicted molar refractivity (Wildman–Crippen MR) is 70.9 cm³/mol. The molecule has 0 saturated carbocycles. The van der Waals surface area contributed by atoms with E-state index < -0.39 is 5.82 Å². The van der Waals surface area contributed by atoms with Gasteiger partial charge >= 0.3 is 0 Å². The van der Waals surface area contributed by atoms with Crippen LogP contribution in [0.4, 0.5) is 20.2 Å². The van der Waals surface area contributed by atoms with Gasteiger partial charge in [0.05, 0.1) is 5.69 Å². The van der Waals surface area contributed by atoms with E-state index in [1.165, 1.54) is 30.3 Å². The molecule has 0 unspecified atom stereocenters. The SMILES string of the molecule is CCN(c1cccc(F)c1)c1ccc(C=O)cc1F. The fourth-order valence-corrected chi connectivity index (χ4v) is 1.95. The summed E-state index contributed by atoms with van der Waals surface area (Å²) >= 11 is 0. The van der Waals surface area contributed by atoms with Gasteiger partial charge in [0.15, 0.2) is 0 Å². The number of nitrogens with zero attached hydrogens (tertiary/aromatic N) is 1. The fraction of sp³-hybridized carbons (Fsp3) is 0.133. The van der Waals surface area contributed by atoms with Crippen molar-refractivity contribution in [3.05, 3.63) is 59.7 Å². The number of hydrogen-bond acceptors (Lipinski definition) is 2. The highest BCUT2D eigenvalue weighted by molar-refractivity contribution is 5.76. The summed E-state index contributed by atoms with van der Waals surface area (Å²) in [6.45, 7) is 2.33. The van der Waals surface area contributed by atoms with E-state index in [2.05, 4.69) is 0 Å². The van der Waals surface area contributed by atoms with E-state index in [0.29, 0.717) is 24.2 Å². The molecule has 0 spiro atoms. The molecule has 0 aliphatic rings. The van der Waals surface area contributed by atoms with Crippen LogP contribution in [0.1, 0.15) is 17.3 Å². The molecule has 0 amide bonds. The highest BCUT2D eigenvalue weighted by Crippen LogP contribution is 2.28. The van der Waals surface area contributed by atoms with Crippen LogP contribution in [0.2, 0.25) is 0 Å². The Hall–Kier alpha value is -2.23. The van der Waals surface area contributed by atoms with E-state index in [9.17, 15) is 13.6 Å². The summed E-state index contributed by atoms with van der Waals surface area (Å²) < 4.78 is 27.2. The summed E-state index contributed by atoms with van der Waals surface area (Å²) in [4.78, 5) is 12.2. The Morgan fingerprint density at radius 1 is 1.16 bits per heavy atom. The van der Waals surface area contributed by atoms with Crippen LogP contribution in [0.3, 0.4) is 0 Å². The van der Waals surface area contributed by atoms with Crippen LogP contribution < -0.4 is 4.90 Å². The number of anilines is 2. The Bertz CT molecular complexity index is 598. The van der Waals surface area contributed by atoms with Gasteiger partial charge in [-0.2, -0.15) is 0 Å². The van der Waals surface area contributed by atoms with Gasteiger partial charge in [-0.25, -0.2) is 8.78 Å².